The van der Waals surface area contributed by atoms with Crippen LogP contribution < -0.4 is 4.74 Å². The quantitative estimate of drug-likeness (QED) is 0.461. The van der Waals surface area contributed by atoms with Crippen molar-refractivity contribution in [3.05, 3.63) is 33.9 Å². The molecule has 0 aromatic heterocycles. The van der Waals surface area contributed by atoms with Gasteiger partial charge in [-0.3, -0.25) is 19.9 Å². The lowest BCUT2D eigenvalue weighted by Crippen LogP contribution is -2.45. The molecule has 112 valence electrons. The Hall–Kier alpha value is -2.17. The van der Waals surface area contributed by atoms with Gasteiger partial charge in [-0.15, -0.1) is 0 Å². The smallest absolute Gasteiger partial charge is 0.270 e. The molecule has 0 saturated carbocycles. The lowest BCUT2D eigenvalue weighted by atomic mass is 10.1. The molecule has 1 heterocycles. The number of nitrogens with zero attached hydrogens (tertiary/aromatic N) is 4. The van der Waals surface area contributed by atoms with E-state index < -0.39 is 4.92 Å². The molecule has 1 saturated heterocycles. The van der Waals surface area contributed by atoms with Gasteiger partial charge in [0.05, 0.1) is 24.6 Å². The highest BCUT2D eigenvalue weighted by Crippen LogP contribution is 2.25. The first-order chi connectivity index (χ1) is 10.1. The number of methoxy groups -OCH3 is 1. The SMILES string of the molecule is COc1ccc([N+](=O)[O-])cc1CN1CCN(CC#N)CC1. The number of hydrogen-bond acceptors (Lipinski definition) is 6. The summed E-state index contributed by atoms with van der Waals surface area (Å²) in [5, 5.41) is 19.6. The second-order valence-electron chi connectivity index (χ2n) is 4.96. The summed E-state index contributed by atoms with van der Waals surface area (Å²) in [5.74, 6) is 0.667. The van der Waals surface area contributed by atoms with Crippen LogP contribution in [-0.4, -0.2) is 54.6 Å². The molecule has 0 amide bonds. The average molecular weight is 290 g/mol. The van der Waals surface area contributed by atoms with Gasteiger partial charge in [-0.1, -0.05) is 0 Å². The van der Waals surface area contributed by atoms with Crippen LogP contribution in [0.2, 0.25) is 0 Å². The van der Waals surface area contributed by atoms with Crippen molar-refractivity contribution in [3.8, 4) is 11.8 Å². The van der Waals surface area contributed by atoms with Crippen molar-refractivity contribution in [2.75, 3.05) is 39.8 Å². The third-order valence-electron chi connectivity index (χ3n) is 3.63. The van der Waals surface area contributed by atoms with E-state index in [-0.39, 0.29) is 5.69 Å². The van der Waals surface area contributed by atoms with Gasteiger partial charge in [0.15, 0.2) is 0 Å². The highest BCUT2D eigenvalue weighted by atomic mass is 16.6. The molecule has 0 spiro atoms. The Morgan fingerprint density at radius 2 is 2.00 bits per heavy atom. The van der Waals surface area contributed by atoms with Crippen LogP contribution in [0.5, 0.6) is 5.75 Å². The van der Waals surface area contributed by atoms with E-state index in [0.717, 1.165) is 31.7 Å². The van der Waals surface area contributed by atoms with Gasteiger partial charge >= 0.3 is 0 Å². The average Bonchev–Trinajstić information content (AvgIpc) is 2.49. The fourth-order valence-corrected chi connectivity index (χ4v) is 2.45. The molecule has 7 nitrogen and oxygen atoms in total. The fraction of sp³-hybridized carbons (Fsp3) is 0.500. The molecular weight excluding hydrogens is 272 g/mol. The van der Waals surface area contributed by atoms with E-state index in [2.05, 4.69) is 15.9 Å². The van der Waals surface area contributed by atoms with Crippen molar-refractivity contribution in [1.29, 1.82) is 5.26 Å². The largest absolute Gasteiger partial charge is 0.496 e. The summed E-state index contributed by atoms with van der Waals surface area (Å²) < 4.78 is 5.28. The van der Waals surface area contributed by atoms with Gasteiger partial charge < -0.3 is 4.74 Å². The Bertz CT molecular complexity index is 548. The van der Waals surface area contributed by atoms with E-state index in [4.69, 9.17) is 10.00 Å². The summed E-state index contributed by atoms with van der Waals surface area (Å²) in [6.07, 6.45) is 0. The molecule has 21 heavy (non-hydrogen) atoms. The third kappa shape index (κ3) is 3.90. The molecule has 0 radical (unpaired) electrons. The summed E-state index contributed by atoms with van der Waals surface area (Å²) in [6.45, 7) is 4.43. The highest BCUT2D eigenvalue weighted by molar-refractivity contribution is 5.43. The molecule has 1 fully saturated rings. The summed E-state index contributed by atoms with van der Waals surface area (Å²) in [4.78, 5) is 14.8. The first-order valence-electron chi connectivity index (χ1n) is 6.77. The van der Waals surface area contributed by atoms with E-state index >= 15 is 0 Å². The van der Waals surface area contributed by atoms with Crippen LogP contribution in [0.25, 0.3) is 0 Å². The number of hydrogen-bond donors (Lipinski definition) is 0. The van der Waals surface area contributed by atoms with Crippen molar-refractivity contribution in [1.82, 2.24) is 9.80 Å². The topological polar surface area (TPSA) is 82.6 Å². The molecule has 2 rings (SSSR count). The highest BCUT2D eigenvalue weighted by Gasteiger charge is 2.19. The first kappa shape index (κ1) is 15.2. The van der Waals surface area contributed by atoms with Crippen LogP contribution in [-0.2, 0) is 6.54 Å². The summed E-state index contributed by atoms with van der Waals surface area (Å²) in [6, 6.07) is 6.81. The van der Waals surface area contributed by atoms with Crippen LogP contribution in [0.3, 0.4) is 0 Å². The minimum absolute atomic E-state index is 0.0777. The molecule has 0 unspecified atom stereocenters. The number of nitriles is 1. The third-order valence-corrected chi connectivity index (χ3v) is 3.63. The Morgan fingerprint density at radius 3 is 2.57 bits per heavy atom. The van der Waals surface area contributed by atoms with Gasteiger partial charge in [0.2, 0.25) is 0 Å². The van der Waals surface area contributed by atoms with Gasteiger partial charge in [-0.25, -0.2) is 0 Å². The molecular formula is C14H18N4O3. The Balaban J connectivity index is 2.04. The van der Waals surface area contributed by atoms with E-state index in [9.17, 15) is 10.1 Å². The van der Waals surface area contributed by atoms with Gasteiger partial charge in [-0.2, -0.15) is 5.26 Å². The Morgan fingerprint density at radius 1 is 1.33 bits per heavy atom. The number of ether oxygens (including phenoxy) is 1. The van der Waals surface area contributed by atoms with Gasteiger partial charge in [0.1, 0.15) is 5.75 Å². The Labute approximate surface area is 123 Å². The van der Waals surface area contributed by atoms with Crippen molar-refractivity contribution in [2.24, 2.45) is 0 Å². The predicted molar refractivity (Wildman–Crippen MR) is 77.0 cm³/mol. The molecule has 0 N–H and O–H groups in total. The number of rotatable bonds is 5. The zero-order valence-electron chi connectivity index (χ0n) is 12.0. The van der Waals surface area contributed by atoms with Crippen LogP contribution >= 0.6 is 0 Å². The minimum atomic E-state index is -0.395. The summed E-state index contributed by atoms with van der Waals surface area (Å²) >= 11 is 0. The van der Waals surface area contributed by atoms with Gasteiger partial charge in [0, 0.05) is 50.4 Å². The molecule has 1 aliphatic rings. The maximum atomic E-state index is 10.9. The molecule has 0 atom stereocenters. The number of nitro groups is 1. The number of non-ortho nitro benzene ring substituents is 1. The van der Waals surface area contributed by atoms with Crippen LogP contribution in [0, 0.1) is 21.4 Å². The van der Waals surface area contributed by atoms with Gasteiger partial charge in [-0.05, 0) is 6.07 Å². The van der Waals surface area contributed by atoms with Crippen LogP contribution in [0.4, 0.5) is 5.69 Å². The van der Waals surface area contributed by atoms with Gasteiger partial charge in [0.25, 0.3) is 5.69 Å². The normalized spacial score (nSPS) is 16.4. The fourth-order valence-electron chi connectivity index (χ4n) is 2.45. The second kappa shape index (κ2) is 7.02. The molecule has 0 bridgehead atoms. The standard InChI is InChI=1S/C14H18N4O3/c1-21-14-3-2-13(18(19)20)10-12(14)11-17-8-6-16(5-4-15)7-9-17/h2-3,10H,5-9,11H2,1H3. The van der Waals surface area contributed by atoms with Crippen molar-refractivity contribution >= 4 is 5.69 Å². The molecule has 1 aromatic carbocycles. The predicted octanol–water partition coefficient (Wildman–Crippen LogP) is 1.24. The summed E-state index contributed by atoms with van der Waals surface area (Å²) in [5.41, 5.74) is 0.898. The monoisotopic (exact) mass is 290 g/mol. The Kier molecular flexibility index (Phi) is 5.09. The van der Waals surface area contributed by atoms with Crippen molar-refractivity contribution < 1.29 is 9.66 Å². The van der Waals surface area contributed by atoms with Crippen LogP contribution in [0.15, 0.2) is 18.2 Å². The summed E-state index contributed by atoms with van der Waals surface area (Å²) in [7, 11) is 1.57. The minimum Gasteiger partial charge on any atom is -0.496 e. The number of piperazine rings is 1. The van der Waals surface area contributed by atoms with Crippen molar-refractivity contribution in [2.45, 2.75) is 6.54 Å². The second-order valence-corrected chi connectivity index (χ2v) is 4.96. The molecule has 1 aromatic rings. The lowest BCUT2D eigenvalue weighted by molar-refractivity contribution is -0.385. The molecule has 0 aliphatic carbocycles. The van der Waals surface area contributed by atoms with E-state index in [1.54, 1.807) is 19.2 Å². The van der Waals surface area contributed by atoms with Crippen molar-refractivity contribution in [3.63, 3.8) is 0 Å². The molecule has 1 aliphatic heterocycles. The molecule has 7 heteroatoms. The number of nitro benzene ring substituents is 1. The van der Waals surface area contributed by atoms with E-state index in [1.807, 2.05) is 0 Å². The maximum Gasteiger partial charge on any atom is 0.270 e. The van der Waals surface area contributed by atoms with E-state index in [0.29, 0.717) is 18.8 Å². The lowest BCUT2D eigenvalue weighted by Gasteiger charge is -2.33. The number of benzene rings is 1. The zero-order chi connectivity index (χ0) is 15.2. The van der Waals surface area contributed by atoms with Crippen LogP contribution in [0.1, 0.15) is 5.56 Å². The van der Waals surface area contributed by atoms with E-state index in [1.165, 1.54) is 6.07 Å². The maximum absolute atomic E-state index is 10.9. The zero-order valence-corrected chi connectivity index (χ0v) is 12.0. The first-order valence-corrected chi connectivity index (χ1v) is 6.77.